The van der Waals surface area contributed by atoms with Crippen molar-refractivity contribution >= 4 is 23.7 Å². The molecule has 0 radical (unpaired) electrons. The summed E-state index contributed by atoms with van der Waals surface area (Å²) in [7, 11) is 0. The van der Waals surface area contributed by atoms with Gasteiger partial charge in [0.25, 0.3) is 5.90 Å². The van der Waals surface area contributed by atoms with Gasteiger partial charge in [-0.2, -0.15) is 0 Å². The minimum atomic E-state index is -2.50. The molecule has 1 heterocycles. The van der Waals surface area contributed by atoms with E-state index in [-0.39, 0.29) is 16.5 Å². The lowest BCUT2D eigenvalue weighted by molar-refractivity contribution is 0.0654. The maximum atomic E-state index is 10.9. The zero-order valence-corrected chi connectivity index (χ0v) is 9.53. The Labute approximate surface area is 95.6 Å². The quantitative estimate of drug-likeness (QED) is 0.413. The first-order chi connectivity index (χ1) is 7.70. The maximum Gasteiger partial charge on any atom is 0.260 e. The first kappa shape index (κ1) is 12.6. The van der Waals surface area contributed by atoms with Crippen molar-refractivity contribution in [2.45, 2.75) is 6.92 Å². The van der Waals surface area contributed by atoms with Gasteiger partial charge in [0.05, 0.1) is 5.57 Å². The van der Waals surface area contributed by atoms with E-state index in [9.17, 15) is 8.76 Å². The Morgan fingerprint density at radius 1 is 1.69 bits per heavy atom. The largest absolute Gasteiger partial charge is 0.767 e. The molecule has 0 fully saturated rings. The average Bonchev–Trinajstić information content (AvgIpc) is 2.29. The summed E-state index contributed by atoms with van der Waals surface area (Å²) in [6, 6.07) is 0. The van der Waals surface area contributed by atoms with Gasteiger partial charge >= 0.3 is 0 Å². The molecule has 1 rings (SSSR count). The second-order valence-corrected chi connectivity index (χ2v) is 3.55. The topological polar surface area (TPSA) is 83.3 Å². The second-order valence-electron chi connectivity index (χ2n) is 2.69. The number of nitrogens with zero attached hydrogens (tertiary/aromatic N) is 2. The van der Waals surface area contributed by atoms with E-state index < -0.39 is 11.1 Å². The van der Waals surface area contributed by atoms with Crippen molar-refractivity contribution < 1.29 is 18.3 Å². The molecule has 88 valence electrons. The fourth-order valence-electron chi connectivity index (χ4n) is 1.06. The molecule has 1 aliphatic heterocycles. The van der Waals surface area contributed by atoms with Crippen LogP contribution >= 0.6 is 0 Å². The molecule has 6 nitrogen and oxygen atoms in total. The fraction of sp³-hybridized carbons (Fsp3) is 0.333. The first-order valence-corrected chi connectivity index (χ1v) is 5.54. The van der Waals surface area contributed by atoms with Gasteiger partial charge in [-0.05, 0) is 29.9 Å². The molecule has 1 aliphatic rings. The van der Waals surface area contributed by atoms with Gasteiger partial charge in [-0.1, -0.05) is 12.2 Å². The Bertz CT molecular complexity index is 387. The van der Waals surface area contributed by atoms with E-state index >= 15 is 0 Å². The third kappa shape index (κ3) is 3.01. The number of hydrogen-bond donors (Lipinski definition) is 0. The van der Waals surface area contributed by atoms with Crippen LogP contribution in [0.15, 0.2) is 32.9 Å². The number of rotatable bonds is 4. The molecule has 0 aromatic rings. The zero-order chi connectivity index (χ0) is 12.0. The number of ether oxygens (including phenoxy) is 1. The molecule has 0 spiro atoms. The van der Waals surface area contributed by atoms with Crippen LogP contribution in [0.2, 0.25) is 0 Å². The van der Waals surface area contributed by atoms with Crippen molar-refractivity contribution in [1.29, 1.82) is 0 Å². The third-order valence-electron chi connectivity index (χ3n) is 1.66. The number of aliphatic imine (C=N–C) groups is 1. The minimum absolute atomic E-state index is 0.0935. The van der Waals surface area contributed by atoms with Gasteiger partial charge in [-0.25, -0.2) is 0 Å². The Hall–Kier alpha value is -1.47. The molecule has 0 aromatic heterocycles. The average molecular weight is 243 g/mol. The molecule has 16 heavy (non-hydrogen) atoms. The second kappa shape index (κ2) is 6.19. The van der Waals surface area contributed by atoms with Crippen LogP contribution in [-0.2, 0) is 20.7 Å². The highest BCUT2D eigenvalue weighted by molar-refractivity contribution is 7.83. The van der Waals surface area contributed by atoms with Gasteiger partial charge in [0, 0.05) is 0 Å². The van der Waals surface area contributed by atoms with Gasteiger partial charge in [0.1, 0.15) is 11.6 Å². The molecular formula is C9H11N2O4S-. The van der Waals surface area contributed by atoms with E-state index in [1.807, 2.05) is 0 Å². The van der Waals surface area contributed by atoms with Gasteiger partial charge < -0.3 is 14.1 Å². The van der Waals surface area contributed by atoms with E-state index in [0.717, 1.165) is 0 Å². The lowest BCUT2D eigenvalue weighted by Crippen LogP contribution is -2.19. The molecule has 0 bridgehead atoms. The van der Waals surface area contributed by atoms with Gasteiger partial charge in [0.15, 0.2) is 6.61 Å². The molecular weight excluding hydrogens is 232 g/mol. The molecule has 0 aliphatic carbocycles. The summed E-state index contributed by atoms with van der Waals surface area (Å²) in [4.78, 5) is 8.25. The molecule has 1 unspecified atom stereocenters. The van der Waals surface area contributed by atoms with Crippen LogP contribution < -0.4 is 0 Å². The Morgan fingerprint density at radius 2 is 2.44 bits per heavy atom. The van der Waals surface area contributed by atoms with Crippen LogP contribution in [0.1, 0.15) is 6.92 Å². The zero-order valence-electron chi connectivity index (χ0n) is 8.71. The number of oxime groups is 1. The fourth-order valence-corrected chi connectivity index (χ4v) is 1.50. The summed E-state index contributed by atoms with van der Waals surface area (Å²) < 4.78 is 27.0. The highest BCUT2D eigenvalue weighted by Crippen LogP contribution is 2.15. The van der Waals surface area contributed by atoms with Gasteiger partial charge in [0.2, 0.25) is 0 Å². The van der Waals surface area contributed by atoms with E-state index in [4.69, 9.17) is 9.57 Å². The van der Waals surface area contributed by atoms with Crippen LogP contribution in [0.3, 0.4) is 0 Å². The summed E-state index contributed by atoms with van der Waals surface area (Å²) in [5, 5.41) is 3.40. The highest BCUT2D eigenvalue weighted by atomic mass is 32.2. The minimum Gasteiger partial charge on any atom is -0.767 e. The highest BCUT2D eigenvalue weighted by Gasteiger charge is 2.16. The predicted octanol–water partition coefficient (Wildman–Crippen LogP) is 0.714. The van der Waals surface area contributed by atoms with Crippen LogP contribution in [0.5, 0.6) is 0 Å². The standard InChI is InChI=1S/C9H12N2O4S/c1-3-4-7(9(10-2)16(12)13)8-11-15-6-5-14-8/h3-4H,2,5-6H2,1H3,(H,12,13)/p-1/b4-3-,9-7-. The first-order valence-electron chi connectivity index (χ1n) is 4.46. The molecule has 0 aromatic carbocycles. The summed E-state index contributed by atoms with van der Waals surface area (Å²) >= 11 is -2.50. The SMILES string of the molecule is C=N/C(=C(\C=C/C)C1=NOCCO1)S(=O)[O-]. The molecule has 0 saturated heterocycles. The number of allylic oxidation sites excluding steroid dienone is 1. The monoisotopic (exact) mass is 243 g/mol. The van der Waals surface area contributed by atoms with E-state index in [0.29, 0.717) is 13.2 Å². The lowest BCUT2D eigenvalue weighted by Gasteiger charge is -2.16. The van der Waals surface area contributed by atoms with Crippen molar-refractivity contribution in [3.8, 4) is 0 Å². The lowest BCUT2D eigenvalue weighted by atomic mass is 10.2. The normalized spacial score (nSPS) is 19.2. The van der Waals surface area contributed by atoms with Crippen LogP contribution in [0, 0.1) is 0 Å². The molecule has 7 heteroatoms. The van der Waals surface area contributed by atoms with Crippen molar-refractivity contribution in [3.63, 3.8) is 0 Å². The molecule has 0 N–H and O–H groups in total. The Kier molecular flexibility index (Phi) is 4.87. The summed E-state index contributed by atoms with van der Waals surface area (Å²) in [6.45, 7) is 5.58. The van der Waals surface area contributed by atoms with Crippen LogP contribution in [0.4, 0.5) is 0 Å². The third-order valence-corrected chi connectivity index (χ3v) is 2.32. The molecule has 0 amide bonds. The van der Waals surface area contributed by atoms with Crippen LogP contribution in [0.25, 0.3) is 0 Å². The van der Waals surface area contributed by atoms with Crippen molar-refractivity contribution in [3.05, 3.63) is 22.8 Å². The van der Waals surface area contributed by atoms with Crippen LogP contribution in [-0.4, -0.2) is 34.6 Å². The van der Waals surface area contributed by atoms with E-state index in [1.165, 1.54) is 6.08 Å². The van der Waals surface area contributed by atoms with Gasteiger partial charge in [-0.15, -0.1) is 0 Å². The van der Waals surface area contributed by atoms with Gasteiger partial charge in [-0.3, -0.25) is 9.20 Å². The maximum absolute atomic E-state index is 10.9. The van der Waals surface area contributed by atoms with Crippen molar-refractivity contribution in [1.82, 2.24) is 0 Å². The molecule has 1 atom stereocenters. The van der Waals surface area contributed by atoms with Crippen molar-refractivity contribution in [2.75, 3.05) is 13.2 Å². The molecule has 0 saturated carbocycles. The van der Waals surface area contributed by atoms with E-state index in [2.05, 4.69) is 16.9 Å². The summed E-state index contributed by atoms with van der Waals surface area (Å²) in [5.74, 6) is 0.0935. The Balaban J connectivity index is 3.20. The summed E-state index contributed by atoms with van der Waals surface area (Å²) in [6.07, 6.45) is 3.17. The van der Waals surface area contributed by atoms with E-state index in [1.54, 1.807) is 13.0 Å². The predicted molar refractivity (Wildman–Crippen MR) is 59.6 cm³/mol. The Morgan fingerprint density at radius 3 is 2.88 bits per heavy atom. The van der Waals surface area contributed by atoms with Crippen molar-refractivity contribution in [2.24, 2.45) is 10.1 Å². The number of hydrogen-bond acceptors (Lipinski definition) is 6. The summed E-state index contributed by atoms with van der Waals surface area (Å²) in [5.41, 5.74) is 0.227. The smallest absolute Gasteiger partial charge is 0.260 e.